The van der Waals surface area contributed by atoms with Crippen LogP contribution in [0.3, 0.4) is 0 Å². The molecule has 0 saturated heterocycles. The van der Waals surface area contributed by atoms with Gasteiger partial charge >= 0.3 is 0 Å². The summed E-state index contributed by atoms with van der Waals surface area (Å²) < 4.78 is 36.8. The van der Waals surface area contributed by atoms with Crippen molar-refractivity contribution in [2.45, 2.75) is 19.5 Å². The summed E-state index contributed by atoms with van der Waals surface area (Å²) in [6.45, 7) is 1.15. The molecule has 0 aliphatic carbocycles. The number of benzene rings is 1. The first-order chi connectivity index (χ1) is 7.52. The number of hydrogen-bond donors (Lipinski definition) is 1. The third kappa shape index (κ3) is 1.95. The van der Waals surface area contributed by atoms with Gasteiger partial charge in [-0.2, -0.15) is 0 Å². The van der Waals surface area contributed by atoms with Gasteiger partial charge in [-0.15, -0.1) is 0 Å². The molecule has 1 N–H and O–H groups in total. The lowest BCUT2D eigenvalue weighted by Gasteiger charge is -2.23. The predicted octanol–water partition coefficient (Wildman–Crippen LogP) is 2.06. The van der Waals surface area contributed by atoms with Crippen LogP contribution in [0.15, 0.2) is 12.1 Å². The van der Waals surface area contributed by atoms with Gasteiger partial charge in [0.25, 0.3) is 5.92 Å². The first kappa shape index (κ1) is 11.1. The van der Waals surface area contributed by atoms with Gasteiger partial charge in [0.2, 0.25) is 0 Å². The first-order valence-electron chi connectivity index (χ1n) is 4.94. The van der Waals surface area contributed by atoms with E-state index in [1.165, 1.54) is 12.1 Å². The van der Waals surface area contributed by atoms with E-state index in [1.807, 2.05) is 0 Å². The molecule has 88 valence electrons. The van der Waals surface area contributed by atoms with Crippen molar-refractivity contribution >= 4 is 0 Å². The molecule has 5 heteroatoms. The Kier molecular flexibility index (Phi) is 2.71. The van der Waals surface area contributed by atoms with Crippen LogP contribution in [0.4, 0.5) is 8.78 Å². The maximum absolute atomic E-state index is 13.2. The highest BCUT2D eigenvalue weighted by Gasteiger charge is 2.28. The summed E-state index contributed by atoms with van der Waals surface area (Å²) in [7, 11) is 0. The second kappa shape index (κ2) is 3.90. The molecule has 0 saturated carbocycles. The molecule has 3 nitrogen and oxygen atoms in total. The van der Waals surface area contributed by atoms with Crippen molar-refractivity contribution in [3.63, 3.8) is 0 Å². The maximum Gasteiger partial charge on any atom is 0.270 e. The van der Waals surface area contributed by atoms with Gasteiger partial charge in [-0.3, -0.25) is 0 Å². The van der Waals surface area contributed by atoms with Crippen LogP contribution < -0.4 is 9.47 Å². The van der Waals surface area contributed by atoms with E-state index in [1.54, 1.807) is 0 Å². The first-order valence-corrected chi connectivity index (χ1v) is 4.94. The summed E-state index contributed by atoms with van der Waals surface area (Å²) in [5, 5.41) is 9.10. The fourth-order valence-corrected chi connectivity index (χ4v) is 1.60. The summed E-state index contributed by atoms with van der Waals surface area (Å²) in [4.78, 5) is 0. The van der Waals surface area contributed by atoms with Gasteiger partial charge in [-0.25, -0.2) is 8.78 Å². The van der Waals surface area contributed by atoms with E-state index in [-0.39, 0.29) is 17.9 Å². The molecule has 1 heterocycles. The van der Waals surface area contributed by atoms with Crippen molar-refractivity contribution in [2.24, 2.45) is 0 Å². The van der Waals surface area contributed by atoms with Crippen LogP contribution in [0.1, 0.15) is 18.1 Å². The molecule has 0 radical (unpaired) electrons. The number of aliphatic hydroxyl groups is 1. The zero-order valence-electron chi connectivity index (χ0n) is 8.80. The van der Waals surface area contributed by atoms with Crippen LogP contribution >= 0.6 is 0 Å². The lowest BCUT2D eigenvalue weighted by Crippen LogP contribution is -2.18. The number of alkyl halides is 2. The van der Waals surface area contributed by atoms with E-state index in [0.717, 1.165) is 6.92 Å². The summed E-state index contributed by atoms with van der Waals surface area (Å²) in [6.07, 6.45) is 0. The lowest BCUT2D eigenvalue weighted by atomic mass is 10.0. The fourth-order valence-electron chi connectivity index (χ4n) is 1.60. The monoisotopic (exact) mass is 230 g/mol. The molecule has 2 rings (SSSR count). The van der Waals surface area contributed by atoms with E-state index in [9.17, 15) is 8.78 Å². The van der Waals surface area contributed by atoms with Gasteiger partial charge in [0.05, 0.1) is 6.61 Å². The van der Waals surface area contributed by atoms with E-state index in [2.05, 4.69) is 0 Å². The SMILES string of the molecule is CC(F)(F)c1cc(CO)c2c(c1)OCCO2. The highest BCUT2D eigenvalue weighted by molar-refractivity contribution is 5.50. The van der Waals surface area contributed by atoms with E-state index in [0.29, 0.717) is 24.5 Å². The molecule has 0 aromatic heterocycles. The predicted molar refractivity (Wildman–Crippen MR) is 52.9 cm³/mol. The second-order valence-electron chi connectivity index (χ2n) is 3.71. The Hall–Kier alpha value is -1.36. The van der Waals surface area contributed by atoms with Crippen LogP contribution in [-0.2, 0) is 12.5 Å². The van der Waals surface area contributed by atoms with Crippen LogP contribution in [0.5, 0.6) is 11.5 Å². The van der Waals surface area contributed by atoms with Crippen molar-refractivity contribution in [3.8, 4) is 11.5 Å². The highest BCUT2D eigenvalue weighted by Crippen LogP contribution is 2.39. The molecule has 0 fully saturated rings. The molecule has 1 aromatic rings. The molecule has 0 amide bonds. The standard InChI is InChI=1S/C11H12F2O3/c1-11(12,13)8-4-7(6-14)10-9(5-8)15-2-3-16-10/h4-5,14H,2-3,6H2,1H3. The lowest BCUT2D eigenvalue weighted by molar-refractivity contribution is 0.0167. The molecule has 0 bridgehead atoms. The van der Waals surface area contributed by atoms with Crippen molar-refractivity contribution in [2.75, 3.05) is 13.2 Å². The fraction of sp³-hybridized carbons (Fsp3) is 0.455. The van der Waals surface area contributed by atoms with Crippen LogP contribution in [-0.4, -0.2) is 18.3 Å². The molecule has 1 aliphatic heterocycles. The third-order valence-corrected chi connectivity index (χ3v) is 2.40. The Bertz CT molecular complexity index is 382. The van der Waals surface area contributed by atoms with Gasteiger partial charge in [0.1, 0.15) is 13.2 Å². The molecule has 1 aliphatic rings. The number of fused-ring (bicyclic) bond motifs is 1. The minimum absolute atomic E-state index is 0.180. The van der Waals surface area contributed by atoms with Gasteiger partial charge in [-0.05, 0) is 12.1 Å². The molecule has 1 aromatic carbocycles. The Labute approximate surface area is 91.6 Å². The summed E-state index contributed by atoms with van der Waals surface area (Å²) in [5.41, 5.74) is 0.148. The summed E-state index contributed by atoms with van der Waals surface area (Å²) >= 11 is 0. The topological polar surface area (TPSA) is 38.7 Å². The van der Waals surface area contributed by atoms with E-state index < -0.39 is 5.92 Å². The van der Waals surface area contributed by atoms with Gasteiger partial charge in [0, 0.05) is 18.1 Å². The molecular weight excluding hydrogens is 218 g/mol. The quantitative estimate of drug-likeness (QED) is 0.845. The van der Waals surface area contributed by atoms with Gasteiger partial charge < -0.3 is 14.6 Å². The van der Waals surface area contributed by atoms with Gasteiger partial charge in [0.15, 0.2) is 11.5 Å². The Morgan fingerprint density at radius 2 is 2.00 bits per heavy atom. The number of rotatable bonds is 2. The van der Waals surface area contributed by atoms with Crippen molar-refractivity contribution in [1.82, 2.24) is 0 Å². The molecule has 0 atom stereocenters. The number of aliphatic hydroxyl groups excluding tert-OH is 1. The normalized spacial score (nSPS) is 15.0. The van der Waals surface area contributed by atoms with Crippen molar-refractivity contribution < 1.29 is 23.4 Å². The molecule has 0 unspecified atom stereocenters. The zero-order valence-corrected chi connectivity index (χ0v) is 8.80. The van der Waals surface area contributed by atoms with Crippen LogP contribution in [0.25, 0.3) is 0 Å². The largest absolute Gasteiger partial charge is 0.486 e. The third-order valence-electron chi connectivity index (χ3n) is 2.40. The zero-order chi connectivity index (χ0) is 11.8. The molecule has 16 heavy (non-hydrogen) atoms. The maximum atomic E-state index is 13.2. The number of ether oxygens (including phenoxy) is 2. The van der Waals surface area contributed by atoms with Crippen LogP contribution in [0, 0.1) is 0 Å². The van der Waals surface area contributed by atoms with E-state index in [4.69, 9.17) is 14.6 Å². The molecule has 0 spiro atoms. The van der Waals surface area contributed by atoms with E-state index >= 15 is 0 Å². The summed E-state index contributed by atoms with van der Waals surface area (Å²) in [6, 6.07) is 2.50. The van der Waals surface area contributed by atoms with Crippen molar-refractivity contribution in [3.05, 3.63) is 23.3 Å². The Morgan fingerprint density at radius 3 is 2.62 bits per heavy atom. The Morgan fingerprint density at radius 1 is 1.31 bits per heavy atom. The molecular formula is C11H12F2O3. The Balaban J connectivity index is 2.52. The summed E-state index contributed by atoms with van der Waals surface area (Å²) in [5.74, 6) is -2.32. The number of hydrogen-bond acceptors (Lipinski definition) is 3. The second-order valence-corrected chi connectivity index (χ2v) is 3.71. The van der Waals surface area contributed by atoms with Crippen LogP contribution in [0.2, 0.25) is 0 Å². The minimum Gasteiger partial charge on any atom is -0.486 e. The average molecular weight is 230 g/mol. The highest BCUT2D eigenvalue weighted by atomic mass is 19.3. The smallest absolute Gasteiger partial charge is 0.270 e. The minimum atomic E-state index is -2.96. The van der Waals surface area contributed by atoms with Crippen molar-refractivity contribution in [1.29, 1.82) is 0 Å². The average Bonchev–Trinajstić information content (AvgIpc) is 2.26. The number of halogens is 2. The van der Waals surface area contributed by atoms with Gasteiger partial charge in [-0.1, -0.05) is 0 Å².